The molecule has 2 nitrogen and oxygen atoms in total. The second kappa shape index (κ2) is 6.75. The first-order valence-electron chi connectivity index (χ1n) is 7.40. The molecule has 0 aliphatic heterocycles. The zero-order valence-electron chi connectivity index (χ0n) is 12.5. The molecule has 0 bridgehead atoms. The second-order valence-corrected chi connectivity index (χ2v) is 5.21. The van der Waals surface area contributed by atoms with Crippen molar-refractivity contribution in [1.29, 1.82) is 0 Å². The number of hydrogen-bond acceptors (Lipinski definition) is 1. The van der Waals surface area contributed by atoms with E-state index in [1.165, 1.54) is 6.08 Å². The molecule has 112 valence electrons. The van der Waals surface area contributed by atoms with Crippen LogP contribution < -0.4 is 0 Å². The zero-order chi connectivity index (χ0) is 16.1. The van der Waals surface area contributed by atoms with Crippen molar-refractivity contribution in [2.75, 3.05) is 0 Å². The highest BCUT2D eigenvalue weighted by Gasteiger charge is 2.05. The van der Waals surface area contributed by atoms with Crippen LogP contribution in [0.1, 0.15) is 5.56 Å². The van der Waals surface area contributed by atoms with Gasteiger partial charge in [0, 0.05) is 6.08 Å². The summed E-state index contributed by atoms with van der Waals surface area (Å²) in [6.45, 7) is 0. The average Bonchev–Trinajstić information content (AvgIpc) is 2.61. The highest BCUT2D eigenvalue weighted by molar-refractivity contribution is 5.88. The molecular weight excluding hydrogens is 284 g/mol. The van der Waals surface area contributed by atoms with Crippen LogP contribution in [-0.4, -0.2) is 11.1 Å². The van der Waals surface area contributed by atoms with Crippen LogP contribution >= 0.6 is 0 Å². The minimum atomic E-state index is -0.946. The molecule has 3 aromatic carbocycles. The Morgan fingerprint density at radius 2 is 1.39 bits per heavy atom. The molecule has 3 rings (SSSR count). The molecule has 3 aromatic rings. The second-order valence-electron chi connectivity index (χ2n) is 5.21. The Morgan fingerprint density at radius 1 is 0.739 bits per heavy atom. The van der Waals surface area contributed by atoms with E-state index in [1.54, 1.807) is 6.08 Å². The largest absolute Gasteiger partial charge is 0.478 e. The number of hydrogen-bond donors (Lipinski definition) is 1. The number of carboxylic acid groups (broad SMARTS) is 1. The lowest BCUT2D eigenvalue weighted by molar-refractivity contribution is -0.131. The maximum atomic E-state index is 10.8. The number of rotatable bonds is 4. The smallest absolute Gasteiger partial charge is 0.328 e. The number of aliphatic carboxylic acids is 1. The lowest BCUT2D eigenvalue weighted by Crippen LogP contribution is -1.88. The fraction of sp³-hybridized carbons (Fsp3) is 0. The van der Waals surface area contributed by atoms with Crippen LogP contribution in [0.25, 0.3) is 28.3 Å². The Morgan fingerprint density at radius 3 is 2.17 bits per heavy atom. The van der Waals surface area contributed by atoms with Crippen LogP contribution in [0.4, 0.5) is 0 Å². The predicted octanol–water partition coefficient (Wildman–Crippen LogP) is 5.12. The van der Waals surface area contributed by atoms with Crippen LogP contribution in [0.15, 0.2) is 84.9 Å². The Kier molecular flexibility index (Phi) is 4.34. The van der Waals surface area contributed by atoms with Crippen LogP contribution in [-0.2, 0) is 4.79 Å². The first kappa shape index (κ1) is 14.8. The lowest BCUT2D eigenvalue weighted by atomic mass is 9.96. The van der Waals surface area contributed by atoms with Crippen molar-refractivity contribution >= 4 is 12.0 Å². The summed E-state index contributed by atoms with van der Waals surface area (Å²) >= 11 is 0. The molecule has 1 N–H and O–H groups in total. The van der Waals surface area contributed by atoms with Gasteiger partial charge in [0.25, 0.3) is 0 Å². The molecule has 2 heteroatoms. The molecule has 0 radical (unpaired) electrons. The van der Waals surface area contributed by atoms with E-state index in [-0.39, 0.29) is 0 Å². The van der Waals surface area contributed by atoms with Gasteiger partial charge in [-0.15, -0.1) is 0 Å². The Hall–Kier alpha value is -3.13. The van der Waals surface area contributed by atoms with Crippen molar-refractivity contribution < 1.29 is 9.90 Å². The van der Waals surface area contributed by atoms with E-state index in [9.17, 15) is 4.79 Å². The van der Waals surface area contributed by atoms with E-state index < -0.39 is 5.97 Å². The highest BCUT2D eigenvalue weighted by Crippen LogP contribution is 2.29. The van der Waals surface area contributed by atoms with Gasteiger partial charge in [0.05, 0.1) is 0 Å². The standard InChI is InChI=1S/C21H16O2/c22-21(23)14-13-17-9-4-5-12-20(17)19-11-6-10-18(15-19)16-7-2-1-3-8-16/h1-15H,(H,22,23). The zero-order valence-corrected chi connectivity index (χ0v) is 12.5. The van der Waals surface area contributed by atoms with Crippen LogP contribution in [0.5, 0.6) is 0 Å². The quantitative estimate of drug-likeness (QED) is 0.679. The molecule has 0 amide bonds. The minimum absolute atomic E-state index is 0.889. The summed E-state index contributed by atoms with van der Waals surface area (Å²) in [6, 6.07) is 26.3. The Balaban J connectivity index is 2.05. The summed E-state index contributed by atoms with van der Waals surface area (Å²) in [7, 11) is 0. The average molecular weight is 300 g/mol. The Labute approximate surface area is 135 Å². The van der Waals surface area contributed by atoms with E-state index in [4.69, 9.17) is 5.11 Å². The van der Waals surface area contributed by atoms with Gasteiger partial charge in [-0.25, -0.2) is 4.79 Å². The van der Waals surface area contributed by atoms with Gasteiger partial charge in [-0.05, 0) is 40.0 Å². The third kappa shape index (κ3) is 3.55. The summed E-state index contributed by atoms with van der Waals surface area (Å²) in [5, 5.41) is 8.84. The van der Waals surface area contributed by atoms with Crippen LogP contribution in [0.2, 0.25) is 0 Å². The molecule has 0 unspecified atom stereocenters. The van der Waals surface area contributed by atoms with E-state index in [1.807, 2.05) is 54.6 Å². The van der Waals surface area contributed by atoms with Crippen LogP contribution in [0, 0.1) is 0 Å². The molecule has 0 saturated heterocycles. The SMILES string of the molecule is O=C(O)C=Cc1ccccc1-c1cccc(-c2ccccc2)c1. The van der Waals surface area contributed by atoms with Gasteiger partial charge in [-0.2, -0.15) is 0 Å². The third-order valence-electron chi connectivity index (χ3n) is 3.65. The normalized spacial score (nSPS) is 10.8. The van der Waals surface area contributed by atoms with E-state index >= 15 is 0 Å². The van der Waals surface area contributed by atoms with Crippen molar-refractivity contribution in [2.24, 2.45) is 0 Å². The fourth-order valence-corrected chi connectivity index (χ4v) is 2.56. The first-order chi connectivity index (χ1) is 11.2. The van der Waals surface area contributed by atoms with Gasteiger partial charge in [-0.1, -0.05) is 72.8 Å². The summed E-state index contributed by atoms with van der Waals surface area (Å²) in [5.41, 5.74) is 5.27. The predicted molar refractivity (Wildman–Crippen MR) is 94.0 cm³/mol. The van der Waals surface area contributed by atoms with Crippen molar-refractivity contribution in [1.82, 2.24) is 0 Å². The molecule has 0 aliphatic rings. The molecule has 0 spiro atoms. The molecular formula is C21H16O2. The Bertz CT molecular complexity index is 848. The number of carboxylic acids is 1. The summed E-state index contributed by atoms with van der Waals surface area (Å²) in [5.74, 6) is -0.946. The molecule has 0 fully saturated rings. The summed E-state index contributed by atoms with van der Waals surface area (Å²) in [4.78, 5) is 10.8. The van der Waals surface area contributed by atoms with Gasteiger partial charge in [0.1, 0.15) is 0 Å². The highest BCUT2D eigenvalue weighted by atomic mass is 16.4. The van der Waals surface area contributed by atoms with Gasteiger partial charge in [0.2, 0.25) is 0 Å². The maximum absolute atomic E-state index is 10.8. The molecule has 0 aliphatic carbocycles. The van der Waals surface area contributed by atoms with Gasteiger partial charge >= 0.3 is 5.97 Å². The number of benzene rings is 3. The third-order valence-corrected chi connectivity index (χ3v) is 3.65. The van der Waals surface area contributed by atoms with E-state index in [2.05, 4.69) is 24.3 Å². The topological polar surface area (TPSA) is 37.3 Å². The van der Waals surface area contributed by atoms with Gasteiger partial charge in [-0.3, -0.25) is 0 Å². The monoisotopic (exact) mass is 300 g/mol. The van der Waals surface area contributed by atoms with Crippen molar-refractivity contribution in [3.8, 4) is 22.3 Å². The maximum Gasteiger partial charge on any atom is 0.328 e. The van der Waals surface area contributed by atoms with Crippen LogP contribution in [0.3, 0.4) is 0 Å². The fourth-order valence-electron chi connectivity index (χ4n) is 2.56. The molecule has 0 saturated carbocycles. The number of carbonyl (C=O) groups is 1. The molecule has 23 heavy (non-hydrogen) atoms. The van der Waals surface area contributed by atoms with Crippen molar-refractivity contribution in [2.45, 2.75) is 0 Å². The lowest BCUT2D eigenvalue weighted by Gasteiger charge is -2.09. The van der Waals surface area contributed by atoms with Gasteiger partial charge < -0.3 is 5.11 Å². The summed E-state index contributed by atoms with van der Waals surface area (Å²) < 4.78 is 0. The van der Waals surface area contributed by atoms with Crippen molar-refractivity contribution in [3.63, 3.8) is 0 Å². The van der Waals surface area contributed by atoms with E-state index in [0.717, 1.165) is 27.8 Å². The molecule has 0 atom stereocenters. The molecule has 0 heterocycles. The van der Waals surface area contributed by atoms with Crippen molar-refractivity contribution in [3.05, 3.63) is 90.5 Å². The summed E-state index contributed by atoms with van der Waals surface area (Å²) in [6.07, 6.45) is 2.80. The first-order valence-corrected chi connectivity index (χ1v) is 7.40. The minimum Gasteiger partial charge on any atom is -0.478 e. The van der Waals surface area contributed by atoms with Gasteiger partial charge in [0.15, 0.2) is 0 Å². The van der Waals surface area contributed by atoms with E-state index in [0.29, 0.717) is 0 Å². The molecule has 0 aromatic heterocycles.